The lowest BCUT2D eigenvalue weighted by Gasteiger charge is -2.30. The Hall–Kier alpha value is -2.08. The van der Waals surface area contributed by atoms with Gasteiger partial charge in [0, 0.05) is 31.0 Å². The Morgan fingerprint density at radius 1 is 1.04 bits per heavy atom. The van der Waals surface area contributed by atoms with Crippen molar-refractivity contribution >= 4 is 23.3 Å². The number of hydrogen-bond donors (Lipinski definition) is 2. The Morgan fingerprint density at radius 2 is 1.76 bits per heavy atom. The van der Waals surface area contributed by atoms with E-state index in [4.69, 9.17) is 5.11 Å². The van der Waals surface area contributed by atoms with Gasteiger partial charge in [0.25, 0.3) is 0 Å². The Labute approximate surface area is 148 Å². The van der Waals surface area contributed by atoms with Crippen LogP contribution < -0.4 is 10.2 Å². The summed E-state index contributed by atoms with van der Waals surface area (Å²) in [6.45, 7) is 3.69. The zero-order chi connectivity index (χ0) is 17.6. The summed E-state index contributed by atoms with van der Waals surface area (Å²) in [6, 6.07) is 8.00. The number of carboxylic acids is 1. The van der Waals surface area contributed by atoms with Crippen LogP contribution >= 0.6 is 0 Å². The molecule has 2 fully saturated rings. The van der Waals surface area contributed by atoms with Crippen molar-refractivity contribution in [1.29, 1.82) is 0 Å². The molecule has 3 rings (SSSR count). The van der Waals surface area contributed by atoms with Crippen molar-refractivity contribution in [3.63, 3.8) is 0 Å². The number of hydrogen-bond acceptors (Lipinski definition) is 4. The molecule has 136 valence electrons. The van der Waals surface area contributed by atoms with E-state index in [0.717, 1.165) is 31.7 Å². The fourth-order valence-electron chi connectivity index (χ4n) is 3.71. The highest BCUT2D eigenvalue weighted by molar-refractivity contribution is 5.92. The Morgan fingerprint density at radius 3 is 2.44 bits per heavy atom. The highest BCUT2D eigenvalue weighted by Crippen LogP contribution is 2.22. The van der Waals surface area contributed by atoms with Gasteiger partial charge in [0.1, 0.15) is 0 Å². The average molecular weight is 345 g/mol. The van der Waals surface area contributed by atoms with Gasteiger partial charge >= 0.3 is 5.97 Å². The maximum Gasteiger partial charge on any atom is 0.307 e. The molecule has 1 atom stereocenters. The van der Waals surface area contributed by atoms with Crippen LogP contribution in [-0.2, 0) is 9.59 Å². The van der Waals surface area contributed by atoms with Crippen molar-refractivity contribution in [2.24, 2.45) is 5.92 Å². The van der Waals surface area contributed by atoms with Gasteiger partial charge < -0.3 is 15.3 Å². The standard InChI is InChI=1S/C19H27N3O3/c23-18(14-21-10-4-5-15(13-21)19(24)25)20-16-6-8-17(9-7-16)22-11-2-1-3-12-22/h6-9,15H,1-5,10-14H2,(H,20,23)(H,24,25). The normalized spacial score (nSPS) is 21.8. The molecule has 2 saturated heterocycles. The first kappa shape index (κ1) is 17.7. The van der Waals surface area contributed by atoms with Crippen LogP contribution in [0.25, 0.3) is 0 Å². The van der Waals surface area contributed by atoms with Crippen molar-refractivity contribution in [2.45, 2.75) is 32.1 Å². The summed E-state index contributed by atoms with van der Waals surface area (Å²) in [7, 11) is 0. The van der Waals surface area contributed by atoms with Crippen LogP contribution in [0.4, 0.5) is 11.4 Å². The first-order valence-corrected chi connectivity index (χ1v) is 9.22. The first-order chi connectivity index (χ1) is 12.1. The Kier molecular flexibility index (Phi) is 5.91. The topological polar surface area (TPSA) is 72.9 Å². The molecule has 2 N–H and O–H groups in total. The Balaban J connectivity index is 1.50. The van der Waals surface area contributed by atoms with Crippen molar-refractivity contribution in [2.75, 3.05) is 42.9 Å². The minimum absolute atomic E-state index is 0.0863. The second-order valence-corrected chi connectivity index (χ2v) is 7.06. The first-order valence-electron chi connectivity index (χ1n) is 9.22. The number of nitrogens with one attached hydrogen (secondary N) is 1. The van der Waals surface area contributed by atoms with Gasteiger partial charge in [-0.1, -0.05) is 0 Å². The van der Waals surface area contributed by atoms with E-state index in [-0.39, 0.29) is 18.4 Å². The van der Waals surface area contributed by atoms with Crippen LogP contribution in [0.15, 0.2) is 24.3 Å². The van der Waals surface area contributed by atoms with Gasteiger partial charge in [-0.05, 0) is 62.9 Å². The summed E-state index contributed by atoms with van der Waals surface area (Å²) in [5, 5.41) is 12.0. The second-order valence-electron chi connectivity index (χ2n) is 7.06. The van der Waals surface area contributed by atoms with Gasteiger partial charge in [0.05, 0.1) is 12.5 Å². The lowest BCUT2D eigenvalue weighted by Crippen LogP contribution is -2.42. The van der Waals surface area contributed by atoms with Crippen molar-refractivity contribution in [3.8, 4) is 0 Å². The van der Waals surface area contributed by atoms with Gasteiger partial charge in [-0.25, -0.2) is 0 Å². The molecular formula is C19H27N3O3. The summed E-state index contributed by atoms with van der Waals surface area (Å²) in [6.07, 6.45) is 5.32. The second kappa shape index (κ2) is 8.34. The quantitative estimate of drug-likeness (QED) is 0.857. The summed E-state index contributed by atoms with van der Waals surface area (Å²) >= 11 is 0. The SMILES string of the molecule is O=C(CN1CCCC(C(=O)O)C1)Nc1ccc(N2CCCCC2)cc1. The lowest BCUT2D eigenvalue weighted by atomic mass is 9.98. The van der Waals surface area contributed by atoms with E-state index < -0.39 is 5.97 Å². The van der Waals surface area contributed by atoms with E-state index in [0.29, 0.717) is 13.0 Å². The van der Waals surface area contributed by atoms with Crippen molar-refractivity contribution in [3.05, 3.63) is 24.3 Å². The molecule has 0 bridgehead atoms. The molecule has 2 aliphatic rings. The van der Waals surface area contributed by atoms with Crippen LogP contribution in [0.2, 0.25) is 0 Å². The lowest BCUT2D eigenvalue weighted by molar-refractivity contribution is -0.144. The minimum Gasteiger partial charge on any atom is -0.481 e. The zero-order valence-corrected chi connectivity index (χ0v) is 14.6. The van der Waals surface area contributed by atoms with Crippen LogP contribution in [0.3, 0.4) is 0 Å². The number of benzene rings is 1. The molecule has 0 radical (unpaired) electrons. The number of amides is 1. The highest BCUT2D eigenvalue weighted by atomic mass is 16.4. The van der Waals surface area contributed by atoms with E-state index in [2.05, 4.69) is 22.3 Å². The number of nitrogens with zero attached hydrogens (tertiary/aromatic N) is 2. The van der Waals surface area contributed by atoms with Crippen molar-refractivity contribution < 1.29 is 14.7 Å². The number of anilines is 2. The number of piperidine rings is 2. The molecule has 6 heteroatoms. The number of aliphatic carboxylic acids is 1. The van der Waals surface area contributed by atoms with Crippen LogP contribution in [0, 0.1) is 5.92 Å². The van der Waals surface area contributed by atoms with E-state index in [9.17, 15) is 9.59 Å². The molecule has 2 heterocycles. The predicted molar refractivity (Wildman–Crippen MR) is 97.9 cm³/mol. The predicted octanol–water partition coefficient (Wildman–Crippen LogP) is 2.41. The summed E-state index contributed by atoms with van der Waals surface area (Å²) < 4.78 is 0. The van der Waals surface area contributed by atoms with Gasteiger partial charge in [-0.2, -0.15) is 0 Å². The molecule has 0 saturated carbocycles. The molecule has 1 amide bonds. The summed E-state index contributed by atoms with van der Waals surface area (Å²) in [5.41, 5.74) is 2.00. The molecule has 1 unspecified atom stereocenters. The maximum absolute atomic E-state index is 12.2. The fraction of sp³-hybridized carbons (Fsp3) is 0.579. The number of likely N-dealkylation sites (tertiary alicyclic amines) is 1. The molecule has 6 nitrogen and oxygen atoms in total. The summed E-state index contributed by atoms with van der Waals surface area (Å²) in [5.74, 6) is -1.21. The number of carbonyl (C=O) groups excluding carboxylic acids is 1. The third-order valence-electron chi connectivity index (χ3n) is 5.09. The van der Waals surface area contributed by atoms with Gasteiger partial charge in [-0.3, -0.25) is 14.5 Å². The monoisotopic (exact) mass is 345 g/mol. The third-order valence-corrected chi connectivity index (χ3v) is 5.09. The van der Waals surface area contributed by atoms with Gasteiger partial charge in [0.2, 0.25) is 5.91 Å². The third kappa shape index (κ3) is 4.95. The zero-order valence-electron chi connectivity index (χ0n) is 14.6. The molecule has 0 aliphatic carbocycles. The largest absolute Gasteiger partial charge is 0.481 e. The molecule has 1 aromatic carbocycles. The number of carboxylic acid groups (broad SMARTS) is 1. The molecular weight excluding hydrogens is 318 g/mol. The fourth-order valence-corrected chi connectivity index (χ4v) is 3.71. The molecule has 2 aliphatic heterocycles. The van der Waals surface area contributed by atoms with Crippen LogP contribution in [0.5, 0.6) is 0 Å². The van der Waals surface area contributed by atoms with E-state index in [1.807, 2.05) is 17.0 Å². The van der Waals surface area contributed by atoms with E-state index in [1.54, 1.807) is 0 Å². The highest BCUT2D eigenvalue weighted by Gasteiger charge is 2.26. The van der Waals surface area contributed by atoms with E-state index in [1.165, 1.54) is 24.9 Å². The minimum atomic E-state index is -0.765. The van der Waals surface area contributed by atoms with Crippen LogP contribution in [0.1, 0.15) is 32.1 Å². The Bertz CT molecular complexity index is 596. The molecule has 25 heavy (non-hydrogen) atoms. The van der Waals surface area contributed by atoms with Gasteiger partial charge in [-0.15, -0.1) is 0 Å². The number of carbonyl (C=O) groups is 2. The molecule has 1 aromatic rings. The summed E-state index contributed by atoms with van der Waals surface area (Å²) in [4.78, 5) is 27.7. The van der Waals surface area contributed by atoms with Gasteiger partial charge in [0.15, 0.2) is 0 Å². The molecule has 0 spiro atoms. The van der Waals surface area contributed by atoms with E-state index >= 15 is 0 Å². The number of rotatable bonds is 5. The van der Waals surface area contributed by atoms with Crippen LogP contribution in [-0.4, -0.2) is 54.6 Å². The average Bonchev–Trinajstić information content (AvgIpc) is 2.63. The molecule has 0 aromatic heterocycles. The van der Waals surface area contributed by atoms with Crippen molar-refractivity contribution in [1.82, 2.24) is 4.90 Å². The smallest absolute Gasteiger partial charge is 0.307 e. The maximum atomic E-state index is 12.2.